The molecular formula is C23H17Cl2NO4S. The van der Waals surface area contributed by atoms with Crippen molar-refractivity contribution in [2.45, 2.75) is 11.3 Å². The van der Waals surface area contributed by atoms with E-state index in [1.54, 1.807) is 54.6 Å². The van der Waals surface area contributed by atoms with Gasteiger partial charge in [0.1, 0.15) is 12.0 Å². The van der Waals surface area contributed by atoms with Crippen LogP contribution in [0.15, 0.2) is 71.6 Å². The zero-order chi connectivity index (χ0) is 22.2. The lowest BCUT2D eigenvalue weighted by atomic mass is 10.0. The van der Waals surface area contributed by atoms with E-state index in [4.69, 9.17) is 27.9 Å². The number of nitrogens with zero attached hydrogens (tertiary/aromatic N) is 1. The van der Waals surface area contributed by atoms with Crippen molar-refractivity contribution >= 4 is 50.4 Å². The van der Waals surface area contributed by atoms with Crippen LogP contribution in [0.5, 0.6) is 5.75 Å². The molecule has 4 rings (SSSR count). The third-order valence-corrected chi connectivity index (χ3v) is 7.53. The van der Waals surface area contributed by atoms with E-state index in [2.05, 4.69) is 0 Å². The van der Waals surface area contributed by atoms with Crippen LogP contribution in [0, 0.1) is 0 Å². The van der Waals surface area contributed by atoms with Crippen molar-refractivity contribution < 1.29 is 17.9 Å². The predicted octanol–water partition coefficient (Wildman–Crippen LogP) is 5.60. The van der Waals surface area contributed by atoms with Crippen molar-refractivity contribution in [3.8, 4) is 17.0 Å². The van der Waals surface area contributed by atoms with Gasteiger partial charge in [0.15, 0.2) is 0 Å². The van der Waals surface area contributed by atoms with E-state index in [1.807, 2.05) is 0 Å². The van der Waals surface area contributed by atoms with Crippen LogP contribution in [0.2, 0.25) is 10.0 Å². The molecular weight excluding hydrogens is 457 g/mol. The van der Waals surface area contributed by atoms with E-state index in [9.17, 15) is 13.2 Å². The van der Waals surface area contributed by atoms with Crippen LogP contribution in [-0.2, 0) is 21.2 Å². The molecule has 31 heavy (non-hydrogen) atoms. The maximum Gasteiger partial charge on any atom is 0.268 e. The molecule has 5 nitrogen and oxygen atoms in total. The molecule has 0 N–H and O–H groups in total. The molecule has 0 saturated heterocycles. The lowest BCUT2D eigenvalue weighted by Crippen LogP contribution is -2.14. The summed E-state index contributed by atoms with van der Waals surface area (Å²) in [6, 6.07) is 18.2. The molecule has 0 unspecified atom stereocenters. The number of carbonyl (C=O) groups excluding carboxylic acids is 1. The van der Waals surface area contributed by atoms with Gasteiger partial charge in [-0.3, -0.25) is 0 Å². The van der Waals surface area contributed by atoms with E-state index in [1.165, 1.54) is 23.2 Å². The van der Waals surface area contributed by atoms with Crippen molar-refractivity contribution in [3.05, 3.63) is 82.3 Å². The van der Waals surface area contributed by atoms with Crippen LogP contribution in [0.25, 0.3) is 22.2 Å². The first-order chi connectivity index (χ1) is 14.9. The lowest BCUT2D eigenvalue weighted by molar-refractivity contribution is -0.107. The van der Waals surface area contributed by atoms with Gasteiger partial charge in [-0.15, -0.1) is 0 Å². The van der Waals surface area contributed by atoms with Crippen molar-refractivity contribution in [1.29, 1.82) is 0 Å². The van der Waals surface area contributed by atoms with Gasteiger partial charge >= 0.3 is 0 Å². The summed E-state index contributed by atoms with van der Waals surface area (Å²) < 4.78 is 34.0. The Hall–Kier alpha value is -2.80. The van der Waals surface area contributed by atoms with Crippen LogP contribution >= 0.6 is 23.2 Å². The molecule has 1 heterocycles. The fraction of sp³-hybridized carbons (Fsp3) is 0.0870. The van der Waals surface area contributed by atoms with Gasteiger partial charge in [-0.1, -0.05) is 47.5 Å². The maximum atomic E-state index is 13.7. The zero-order valence-electron chi connectivity index (χ0n) is 16.4. The summed E-state index contributed by atoms with van der Waals surface area (Å²) in [4.78, 5) is 11.4. The minimum Gasteiger partial charge on any atom is -0.497 e. The number of aromatic nitrogens is 1. The molecule has 0 saturated carbocycles. The van der Waals surface area contributed by atoms with Crippen molar-refractivity contribution in [2.75, 3.05) is 7.11 Å². The second kappa shape index (κ2) is 8.38. The first-order valence-corrected chi connectivity index (χ1v) is 11.5. The van der Waals surface area contributed by atoms with E-state index >= 15 is 0 Å². The number of fused-ring (bicyclic) bond motifs is 1. The number of methoxy groups -OCH3 is 1. The molecule has 0 spiro atoms. The number of ether oxygens (including phenoxy) is 1. The van der Waals surface area contributed by atoms with Gasteiger partial charge in [0.2, 0.25) is 0 Å². The van der Waals surface area contributed by atoms with Crippen LogP contribution < -0.4 is 4.74 Å². The zero-order valence-corrected chi connectivity index (χ0v) is 18.7. The lowest BCUT2D eigenvalue weighted by Gasteiger charge is -2.16. The number of halogens is 2. The van der Waals surface area contributed by atoms with Crippen molar-refractivity contribution in [1.82, 2.24) is 3.97 Å². The summed E-state index contributed by atoms with van der Waals surface area (Å²) in [5.41, 5.74) is 1.74. The Kier molecular flexibility index (Phi) is 5.79. The molecule has 0 aliphatic heterocycles. The molecule has 1 aromatic heterocycles. The van der Waals surface area contributed by atoms with Gasteiger partial charge in [0, 0.05) is 17.4 Å². The average molecular weight is 474 g/mol. The highest BCUT2D eigenvalue weighted by molar-refractivity contribution is 7.90. The predicted molar refractivity (Wildman–Crippen MR) is 123 cm³/mol. The van der Waals surface area contributed by atoms with Gasteiger partial charge in [-0.25, -0.2) is 12.4 Å². The van der Waals surface area contributed by atoms with Crippen LogP contribution in [0.3, 0.4) is 0 Å². The standard InChI is InChI=1S/C23H17Cl2NO4S/c1-30-17-8-10-20-16(13-17)14-21(22-15(11-12-27)7-9-19(24)23(22)25)26(20)31(28,29)18-5-3-2-4-6-18/h2-10,12-14H,11H2,1H3. The fourth-order valence-corrected chi connectivity index (χ4v) is 5.53. The minimum absolute atomic E-state index is 0.0580. The van der Waals surface area contributed by atoms with Crippen LogP contribution in [0.4, 0.5) is 0 Å². The smallest absolute Gasteiger partial charge is 0.268 e. The first-order valence-electron chi connectivity index (χ1n) is 9.29. The molecule has 0 fully saturated rings. The van der Waals surface area contributed by atoms with Gasteiger partial charge in [0.05, 0.1) is 33.3 Å². The summed E-state index contributed by atoms with van der Waals surface area (Å²) in [6.07, 6.45) is 0.799. The molecule has 0 aliphatic carbocycles. The number of benzene rings is 3. The summed E-state index contributed by atoms with van der Waals surface area (Å²) in [5, 5.41) is 1.08. The highest BCUT2D eigenvalue weighted by atomic mass is 35.5. The normalized spacial score (nSPS) is 11.6. The molecule has 0 bridgehead atoms. The van der Waals surface area contributed by atoms with E-state index in [0.717, 1.165) is 6.29 Å². The Morgan fingerprint density at radius 3 is 2.42 bits per heavy atom. The number of aldehydes is 1. The Balaban J connectivity index is 2.14. The maximum absolute atomic E-state index is 13.7. The summed E-state index contributed by atoms with van der Waals surface area (Å²) in [6.45, 7) is 0. The second-order valence-electron chi connectivity index (χ2n) is 6.80. The highest BCUT2D eigenvalue weighted by Gasteiger charge is 2.27. The summed E-state index contributed by atoms with van der Waals surface area (Å²) in [5.74, 6) is 0.582. The largest absolute Gasteiger partial charge is 0.497 e. The van der Waals surface area contributed by atoms with Crippen molar-refractivity contribution in [2.24, 2.45) is 0 Å². The SMILES string of the molecule is COc1ccc2c(c1)cc(-c1c(CC=O)ccc(Cl)c1Cl)n2S(=O)(=O)c1ccccc1. The van der Waals surface area contributed by atoms with Crippen LogP contribution in [-0.4, -0.2) is 25.8 Å². The minimum atomic E-state index is -4.00. The molecule has 8 heteroatoms. The van der Waals surface area contributed by atoms with Gasteiger partial charge in [-0.05, 0) is 48.0 Å². The number of hydrogen-bond acceptors (Lipinski definition) is 4. The Morgan fingerprint density at radius 2 is 1.74 bits per heavy atom. The Morgan fingerprint density at radius 1 is 1.00 bits per heavy atom. The third kappa shape index (κ3) is 3.71. The summed E-state index contributed by atoms with van der Waals surface area (Å²) in [7, 11) is -2.46. The fourth-order valence-electron chi connectivity index (χ4n) is 3.55. The van der Waals surface area contributed by atoms with E-state index in [0.29, 0.717) is 33.5 Å². The van der Waals surface area contributed by atoms with E-state index < -0.39 is 10.0 Å². The molecule has 158 valence electrons. The third-order valence-electron chi connectivity index (χ3n) is 4.99. The quantitative estimate of drug-likeness (QED) is 0.341. The first kappa shape index (κ1) is 21.4. The number of hydrogen-bond donors (Lipinski definition) is 0. The molecule has 4 aromatic rings. The van der Waals surface area contributed by atoms with Gasteiger partial charge < -0.3 is 9.53 Å². The molecule has 0 radical (unpaired) electrons. The molecule has 0 atom stereocenters. The highest BCUT2D eigenvalue weighted by Crippen LogP contribution is 2.41. The monoisotopic (exact) mass is 473 g/mol. The second-order valence-corrected chi connectivity index (χ2v) is 9.37. The topological polar surface area (TPSA) is 65.4 Å². The van der Waals surface area contributed by atoms with E-state index in [-0.39, 0.29) is 21.4 Å². The summed E-state index contributed by atoms with van der Waals surface area (Å²) >= 11 is 12.8. The molecule has 3 aromatic carbocycles. The Labute approximate surface area is 189 Å². The average Bonchev–Trinajstić information content (AvgIpc) is 3.16. The van der Waals surface area contributed by atoms with Crippen molar-refractivity contribution in [3.63, 3.8) is 0 Å². The number of carbonyl (C=O) groups is 1. The van der Waals surface area contributed by atoms with Gasteiger partial charge in [0.25, 0.3) is 10.0 Å². The Bertz CT molecular complexity index is 1400. The van der Waals surface area contributed by atoms with Crippen LogP contribution in [0.1, 0.15) is 5.56 Å². The van der Waals surface area contributed by atoms with Gasteiger partial charge in [-0.2, -0.15) is 0 Å². The molecule has 0 aliphatic rings. The molecule has 0 amide bonds. The number of rotatable bonds is 6.